The van der Waals surface area contributed by atoms with E-state index < -0.39 is 5.97 Å². The van der Waals surface area contributed by atoms with Crippen LogP contribution in [0, 0.1) is 11.3 Å². The lowest BCUT2D eigenvalue weighted by atomic mass is 10.0. The molecule has 104 valence electrons. The molecule has 1 saturated carbocycles. The highest BCUT2D eigenvalue weighted by Crippen LogP contribution is 2.47. The van der Waals surface area contributed by atoms with E-state index in [4.69, 9.17) is 10.4 Å². The molecule has 0 saturated heterocycles. The molecule has 2 N–H and O–H groups in total. The Kier molecular flexibility index (Phi) is 3.03. The average molecular weight is 280 g/mol. The smallest absolute Gasteiger partial charge is 0.335 e. The van der Waals surface area contributed by atoms with Crippen LogP contribution >= 0.6 is 0 Å². The lowest BCUT2D eigenvalue weighted by molar-refractivity contribution is 0.0697. The summed E-state index contributed by atoms with van der Waals surface area (Å²) in [7, 11) is 0. The van der Waals surface area contributed by atoms with E-state index in [0.29, 0.717) is 11.6 Å². The Balaban J connectivity index is 1.78. The molecule has 0 aliphatic heterocycles. The maximum absolute atomic E-state index is 10.9. The van der Waals surface area contributed by atoms with Gasteiger partial charge in [0.25, 0.3) is 0 Å². The standard InChI is InChI=1S/C15H12N4O2/c16-9-15(4-5-15)11-1-2-12(18-8-11)19-13-7-10(14(20)21)3-6-17-13/h1-3,6-8H,4-5H2,(H,20,21)(H,17,18,19). The number of hydrogen-bond acceptors (Lipinski definition) is 5. The van der Waals surface area contributed by atoms with Gasteiger partial charge >= 0.3 is 5.97 Å². The van der Waals surface area contributed by atoms with E-state index in [-0.39, 0.29) is 11.0 Å². The third-order valence-corrected chi connectivity index (χ3v) is 3.54. The molecule has 0 amide bonds. The van der Waals surface area contributed by atoms with Gasteiger partial charge in [-0.2, -0.15) is 5.26 Å². The van der Waals surface area contributed by atoms with Gasteiger partial charge in [-0.3, -0.25) is 0 Å². The van der Waals surface area contributed by atoms with Crippen molar-refractivity contribution in [2.45, 2.75) is 18.3 Å². The lowest BCUT2D eigenvalue weighted by Gasteiger charge is -2.08. The molecular formula is C15H12N4O2. The molecule has 1 fully saturated rings. The van der Waals surface area contributed by atoms with E-state index in [0.717, 1.165) is 18.4 Å². The summed E-state index contributed by atoms with van der Waals surface area (Å²) in [6.45, 7) is 0. The van der Waals surface area contributed by atoms with E-state index in [1.165, 1.54) is 18.3 Å². The topological polar surface area (TPSA) is 98.9 Å². The average Bonchev–Trinajstić information content (AvgIpc) is 3.29. The van der Waals surface area contributed by atoms with Crippen LogP contribution in [0.1, 0.15) is 28.8 Å². The molecule has 21 heavy (non-hydrogen) atoms. The van der Waals surface area contributed by atoms with Gasteiger partial charge in [0.1, 0.15) is 11.6 Å². The zero-order valence-corrected chi connectivity index (χ0v) is 11.1. The largest absolute Gasteiger partial charge is 0.478 e. The second-order valence-electron chi connectivity index (χ2n) is 4.99. The molecule has 6 heteroatoms. The number of rotatable bonds is 4. The summed E-state index contributed by atoms with van der Waals surface area (Å²) in [5, 5.41) is 21.0. The predicted octanol–water partition coefficient (Wildman–Crippen LogP) is 2.47. The first-order chi connectivity index (χ1) is 10.1. The second kappa shape index (κ2) is 4.87. The van der Waals surface area contributed by atoms with E-state index in [1.54, 1.807) is 12.3 Å². The van der Waals surface area contributed by atoms with Crippen molar-refractivity contribution in [1.82, 2.24) is 9.97 Å². The normalized spacial score (nSPS) is 15.0. The number of carboxylic acids is 1. The van der Waals surface area contributed by atoms with Crippen LogP contribution in [-0.4, -0.2) is 21.0 Å². The Morgan fingerprint density at radius 3 is 2.67 bits per heavy atom. The van der Waals surface area contributed by atoms with Crippen LogP contribution in [0.5, 0.6) is 0 Å². The summed E-state index contributed by atoms with van der Waals surface area (Å²) >= 11 is 0. The Morgan fingerprint density at radius 1 is 1.29 bits per heavy atom. The third kappa shape index (κ3) is 2.54. The van der Waals surface area contributed by atoms with Crippen molar-refractivity contribution in [3.63, 3.8) is 0 Å². The number of hydrogen-bond donors (Lipinski definition) is 2. The molecule has 6 nitrogen and oxygen atoms in total. The zero-order valence-electron chi connectivity index (χ0n) is 11.1. The number of aromatic carboxylic acids is 1. The summed E-state index contributed by atoms with van der Waals surface area (Å²) in [6, 6.07) is 8.82. The van der Waals surface area contributed by atoms with E-state index in [9.17, 15) is 4.79 Å². The van der Waals surface area contributed by atoms with Crippen molar-refractivity contribution in [3.05, 3.63) is 47.8 Å². The highest BCUT2D eigenvalue weighted by atomic mass is 16.4. The molecule has 0 bridgehead atoms. The van der Waals surface area contributed by atoms with E-state index in [2.05, 4.69) is 21.4 Å². The molecule has 0 aromatic carbocycles. The minimum atomic E-state index is -1.01. The highest BCUT2D eigenvalue weighted by molar-refractivity contribution is 5.88. The van der Waals surface area contributed by atoms with Crippen LogP contribution in [0.2, 0.25) is 0 Å². The molecule has 2 heterocycles. The lowest BCUT2D eigenvalue weighted by Crippen LogP contribution is -2.04. The minimum absolute atomic E-state index is 0.158. The van der Waals surface area contributed by atoms with Gasteiger partial charge in [-0.15, -0.1) is 0 Å². The Morgan fingerprint density at radius 2 is 2.10 bits per heavy atom. The van der Waals surface area contributed by atoms with Crippen molar-refractivity contribution < 1.29 is 9.90 Å². The molecule has 0 spiro atoms. The summed E-state index contributed by atoms with van der Waals surface area (Å²) in [5.74, 6) is -0.0347. The molecule has 1 aliphatic rings. The van der Waals surface area contributed by atoms with Crippen LogP contribution in [0.3, 0.4) is 0 Å². The highest BCUT2D eigenvalue weighted by Gasteiger charge is 2.45. The number of nitriles is 1. The second-order valence-corrected chi connectivity index (χ2v) is 4.99. The maximum atomic E-state index is 10.9. The first-order valence-electron chi connectivity index (χ1n) is 6.47. The van der Waals surface area contributed by atoms with Gasteiger partial charge in [0, 0.05) is 12.4 Å². The number of nitrogens with one attached hydrogen (secondary N) is 1. The summed E-state index contributed by atoms with van der Waals surface area (Å²) < 4.78 is 0. The third-order valence-electron chi connectivity index (χ3n) is 3.54. The van der Waals surface area contributed by atoms with Crippen molar-refractivity contribution >= 4 is 17.6 Å². The number of carbonyl (C=O) groups is 1. The summed E-state index contributed by atoms with van der Waals surface area (Å²) in [4.78, 5) is 19.2. The number of aromatic nitrogens is 2. The van der Waals surface area contributed by atoms with Gasteiger partial charge in [-0.1, -0.05) is 6.07 Å². The van der Waals surface area contributed by atoms with E-state index >= 15 is 0 Å². The predicted molar refractivity (Wildman–Crippen MR) is 75.2 cm³/mol. The first-order valence-corrected chi connectivity index (χ1v) is 6.47. The number of pyridine rings is 2. The first kappa shape index (κ1) is 13.1. The fraction of sp³-hybridized carbons (Fsp3) is 0.200. The quantitative estimate of drug-likeness (QED) is 0.892. The molecule has 3 rings (SSSR count). The van der Waals surface area contributed by atoms with Crippen molar-refractivity contribution in [3.8, 4) is 6.07 Å². The number of nitrogens with zero attached hydrogens (tertiary/aromatic N) is 3. The molecule has 2 aromatic rings. The molecule has 0 radical (unpaired) electrons. The van der Waals surface area contributed by atoms with Gasteiger partial charge in [-0.05, 0) is 36.6 Å². The van der Waals surface area contributed by atoms with Crippen molar-refractivity contribution in [2.75, 3.05) is 5.32 Å². The van der Waals surface area contributed by atoms with Crippen LogP contribution in [-0.2, 0) is 5.41 Å². The van der Waals surface area contributed by atoms with Crippen molar-refractivity contribution in [1.29, 1.82) is 5.26 Å². The van der Waals surface area contributed by atoms with Gasteiger partial charge in [0.05, 0.1) is 17.0 Å². The van der Waals surface area contributed by atoms with Crippen molar-refractivity contribution in [2.24, 2.45) is 0 Å². The number of anilines is 2. The minimum Gasteiger partial charge on any atom is -0.478 e. The summed E-state index contributed by atoms with van der Waals surface area (Å²) in [5.41, 5.74) is 0.723. The Labute approximate surface area is 121 Å². The molecule has 1 aliphatic carbocycles. The molecule has 0 atom stereocenters. The van der Waals surface area contributed by atoms with Crippen LogP contribution < -0.4 is 5.32 Å². The molecule has 0 unspecified atom stereocenters. The van der Waals surface area contributed by atoms with Gasteiger partial charge in [0.2, 0.25) is 0 Å². The number of carboxylic acid groups (broad SMARTS) is 1. The van der Waals surface area contributed by atoms with Crippen LogP contribution in [0.25, 0.3) is 0 Å². The maximum Gasteiger partial charge on any atom is 0.335 e. The fourth-order valence-electron chi connectivity index (χ4n) is 2.10. The summed E-state index contributed by atoms with van der Waals surface area (Å²) in [6.07, 6.45) is 4.86. The SMILES string of the molecule is N#CC1(c2ccc(Nc3cc(C(=O)O)ccn3)nc2)CC1. The fourth-order valence-corrected chi connectivity index (χ4v) is 2.10. The monoisotopic (exact) mass is 280 g/mol. The van der Waals surface area contributed by atoms with Gasteiger partial charge in [-0.25, -0.2) is 14.8 Å². The van der Waals surface area contributed by atoms with Gasteiger partial charge < -0.3 is 10.4 Å². The molecule has 2 aromatic heterocycles. The molecular weight excluding hydrogens is 268 g/mol. The Hall–Kier alpha value is -2.94. The van der Waals surface area contributed by atoms with Crippen LogP contribution in [0.15, 0.2) is 36.7 Å². The Bertz CT molecular complexity index is 730. The zero-order chi connectivity index (χ0) is 14.9. The van der Waals surface area contributed by atoms with Gasteiger partial charge in [0.15, 0.2) is 0 Å². The van der Waals surface area contributed by atoms with Crippen LogP contribution in [0.4, 0.5) is 11.6 Å². The van der Waals surface area contributed by atoms with E-state index in [1.807, 2.05) is 6.07 Å².